The molecule has 2 heterocycles. The third-order valence-corrected chi connectivity index (χ3v) is 2.88. The van der Waals surface area contributed by atoms with Crippen molar-refractivity contribution in [1.82, 2.24) is 9.55 Å². The molecule has 78 valence electrons. The van der Waals surface area contributed by atoms with E-state index in [0.29, 0.717) is 6.04 Å². The van der Waals surface area contributed by atoms with Gasteiger partial charge in [-0.15, -0.1) is 0 Å². The SMILES string of the molecule is Cc1ccc(C)n1C(C)c1cccnc1. The molecule has 2 nitrogen and oxygen atoms in total. The van der Waals surface area contributed by atoms with Crippen LogP contribution in [0.5, 0.6) is 0 Å². The standard InChI is InChI=1S/C13H16N2/c1-10-6-7-11(2)15(10)12(3)13-5-4-8-14-9-13/h4-9,12H,1-3H3. The molecule has 0 aromatic carbocycles. The van der Waals surface area contributed by atoms with Crippen LogP contribution in [0.1, 0.15) is 29.9 Å². The van der Waals surface area contributed by atoms with Crippen LogP contribution in [-0.2, 0) is 0 Å². The molecule has 1 atom stereocenters. The Kier molecular flexibility index (Phi) is 2.58. The summed E-state index contributed by atoms with van der Waals surface area (Å²) in [6, 6.07) is 8.77. The van der Waals surface area contributed by atoms with Gasteiger partial charge in [-0.25, -0.2) is 0 Å². The molecule has 2 aromatic rings. The second kappa shape index (κ2) is 3.89. The van der Waals surface area contributed by atoms with Gasteiger partial charge in [-0.05, 0) is 44.5 Å². The van der Waals surface area contributed by atoms with Crippen molar-refractivity contribution in [3.63, 3.8) is 0 Å². The molecule has 0 N–H and O–H groups in total. The third kappa shape index (κ3) is 1.80. The Morgan fingerprint density at radius 2 is 1.80 bits per heavy atom. The lowest BCUT2D eigenvalue weighted by Crippen LogP contribution is -2.09. The third-order valence-electron chi connectivity index (χ3n) is 2.88. The molecule has 1 unspecified atom stereocenters. The van der Waals surface area contributed by atoms with E-state index >= 15 is 0 Å². The fraction of sp³-hybridized carbons (Fsp3) is 0.308. The number of nitrogens with zero attached hydrogens (tertiary/aromatic N) is 2. The zero-order chi connectivity index (χ0) is 10.8. The maximum Gasteiger partial charge on any atom is 0.0572 e. The highest BCUT2D eigenvalue weighted by Gasteiger charge is 2.11. The minimum Gasteiger partial charge on any atom is -0.342 e. The highest BCUT2D eigenvalue weighted by atomic mass is 15.0. The summed E-state index contributed by atoms with van der Waals surface area (Å²) in [5.74, 6) is 0. The van der Waals surface area contributed by atoms with Crippen molar-refractivity contribution in [1.29, 1.82) is 0 Å². The summed E-state index contributed by atoms with van der Waals surface area (Å²) in [6.45, 7) is 6.48. The van der Waals surface area contributed by atoms with Gasteiger partial charge in [0.05, 0.1) is 6.04 Å². The summed E-state index contributed by atoms with van der Waals surface area (Å²) in [5.41, 5.74) is 3.84. The molecule has 0 aliphatic carbocycles. The van der Waals surface area contributed by atoms with Gasteiger partial charge in [0.2, 0.25) is 0 Å². The smallest absolute Gasteiger partial charge is 0.0572 e. The predicted molar refractivity (Wildman–Crippen MR) is 62.0 cm³/mol. The lowest BCUT2D eigenvalue weighted by molar-refractivity contribution is 0.608. The Morgan fingerprint density at radius 1 is 1.13 bits per heavy atom. The summed E-state index contributed by atoms with van der Waals surface area (Å²) < 4.78 is 2.33. The maximum atomic E-state index is 4.16. The van der Waals surface area contributed by atoms with Gasteiger partial charge in [0.15, 0.2) is 0 Å². The molecule has 0 saturated heterocycles. The average Bonchev–Trinajstić information content (AvgIpc) is 2.59. The number of aryl methyl sites for hydroxylation is 2. The van der Waals surface area contributed by atoms with Crippen molar-refractivity contribution in [2.24, 2.45) is 0 Å². The first-order valence-corrected chi connectivity index (χ1v) is 5.24. The molecule has 15 heavy (non-hydrogen) atoms. The average molecular weight is 200 g/mol. The number of rotatable bonds is 2. The van der Waals surface area contributed by atoms with Crippen LogP contribution in [0.3, 0.4) is 0 Å². The second-order valence-electron chi connectivity index (χ2n) is 3.95. The van der Waals surface area contributed by atoms with Crippen molar-refractivity contribution >= 4 is 0 Å². The van der Waals surface area contributed by atoms with E-state index in [1.54, 1.807) is 0 Å². The summed E-state index contributed by atoms with van der Waals surface area (Å²) in [5, 5.41) is 0. The number of hydrogen-bond acceptors (Lipinski definition) is 1. The van der Waals surface area contributed by atoms with Crippen molar-refractivity contribution < 1.29 is 0 Å². The van der Waals surface area contributed by atoms with Gasteiger partial charge >= 0.3 is 0 Å². The topological polar surface area (TPSA) is 17.8 Å². The summed E-state index contributed by atoms with van der Waals surface area (Å²) >= 11 is 0. The van der Waals surface area contributed by atoms with Crippen LogP contribution >= 0.6 is 0 Å². The van der Waals surface area contributed by atoms with Gasteiger partial charge in [0.25, 0.3) is 0 Å². The van der Waals surface area contributed by atoms with Crippen molar-refractivity contribution in [2.75, 3.05) is 0 Å². The molecule has 2 aromatic heterocycles. The van der Waals surface area contributed by atoms with Crippen LogP contribution in [0.15, 0.2) is 36.7 Å². The Labute approximate surface area is 90.6 Å². The van der Waals surface area contributed by atoms with Gasteiger partial charge in [-0.1, -0.05) is 6.07 Å². The van der Waals surface area contributed by atoms with Crippen LogP contribution in [0.4, 0.5) is 0 Å². The van der Waals surface area contributed by atoms with E-state index in [-0.39, 0.29) is 0 Å². The molecule has 0 spiro atoms. The van der Waals surface area contributed by atoms with E-state index < -0.39 is 0 Å². The van der Waals surface area contributed by atoms with Gasteiger partial charge in [0.1, 0.15) is 0 Å². The lowest BCUT2D eigenvalue weighted by atomic mass is 10.1. The van der Waals surface area contributed by atoms with Gasteiger partial charge < -0.3 is 4.57 Å². The first-order chi connectivity index (χ1) is 7.20. The van der Waals surface area contributed by atoms with Crippen LogP contribution in [0, 0.1) is 13.8 Å². The zero-order valence-electron chi connectivity index (χ0n) is 9.44. The molecule has 0 saturated carbocycles. The summed E-state index contributed by atoms with van der Waals surface area (Å²) in [6.07, 6.45) is 3.75. The summed E-state index contributed by atoms with van der Waals surface area (Å²) in [4.78, 5) is 4.16. The van der Waals surface area contributed by atoms with Crippen LogP contribution in [0.25, 0.3) is 0 Å². The molecule has 0 radical (unpaired) electrons. The Morgan fingerprint density at radius 3 is 2.33 bits per heavy atom. The molecular weight excluding hydrogens is 184 g/mol. The minimum absolute atomic E-state index is 0.355. The molecule has 0 aliphatic rings. The van der Waals surface area contributed by atoms with Crippen LogP contribution in [0.2, 0.25) is 0 Å². The van der Waals surface area contributed by atoms with Crippen LogP contribution < -0.4 is 0 Å². The fourth-order valence-electron chi connectivity index (χ4n) is 2.06. The second-order valence-corrected chi connectivity index (χ2v) is 3.95. The number of pyridine rings is 1. The number of aromatic nitrogens is 2. The van der Waals surface area contributed by atoms with E-state index in [9.17, 15) is 0 Å². The van der Waals surface area contributed by atoms with E-state index in [4.69, 9.17) is 0 Å². The highest BCUT2D eigenvalue weighted by molar-refractivity contribution is 5.21. The zero-order valence-corrected chi connectivity index (χ0v) is 9.44. The Bertz CT molecular complexity index is 423. The van der Waals surface area contributed by atoms with Crippen molar-refractivity contribution in [2.45, 2.75) is 26.8 Å². The number of hydrogen-bond donors (Lipinski definition) is 0. The predicted octanol–water partition coefficient (Wildman–Crippen LogP) is 3.11. The first kappa shape index (κ1) is 9.97. The van der Waals surface area contributed by atoms with Gasteiger partial charge in [-0.2, -0.15) is 0 Å². The molecule has 0 aliphatic heterocycles. The van der Waals surface area contributed by atoms with Crippen molar-refractivity contribution in [3.05, 3.63) is 53.6 Å². The van der Waals surface area contributed by atoms with Gasteiger partial charge in [0, 0.05) is 23.8 Å². The van der Waals surface area contributed by atoms with E-state index in [0.717, 1.165) is 0 Å². The quantitative estimate of drug-likeness (QED) is 0.728. The lowest BCUT2D eigenvalue weighted by Gasteiger charge is -2.18. The highest BCUT2D eigenvalue weighted by Crippen LogP contribution is 2.21. The van der Waals surface area contributed by atoms with Crippen molar-refractivity contribution in [3.8, 4) is 0 Å². The molecule has 2 heteroatoms. The van der Waals surface area contributed by atoms with Gasteiger partial charge in [-0.3, -0.25) is 4.98 Å². The minimum atomic E-state index is 0.355. The fourth-order valence-corrected chi connectivity index (χ4v) is 2.06. The molecule has 0 bridgehead atoms. The van der Waals surface area contributed by atoms with E-state index in [1.165, 1.54) is 17.0 Å². The van der Waals surface area contributed by atoms with E-state index in [1.807, 2.05) is 18.5 Å². The first-order valence-electron chi connectivity index (χ1n) is 5.24. The monoisotopic (exact) mass is 200 g/mol. The molecular formula is C13H16N2. The Hall–Kier alpha value is -1.57. The maximum absolute atomic E-state index is 4.16. The van der Waals surface area contributed by atoms with E-state index in [2.05, 4.69) is 48.5 Å². The largest absolute Gasteiger partial charge is 0.342 e. The molecule has 0 amide bonds. The Balaban J connectivity index is 2.41. The normalized spacial score (nSPS) is 12.7. The molecule has 2 rings (SSSR count). The van der Waals surface area contributed by atoms with Crippen LogP contribution in [-0.4, -0.2) is 9.55 Å². The summed E-state index contributed by atoms with van der Waals surface area (Å²) in [7, 11) is 0. The molecule has 0 fully saturated rings.